The Morgan fingerprint density at radius 3 is 2.45 bits per heavy atom. The molecule has 2 heterocycles. The number of hydrazone groups is 1. The predicted molar refractivity (Wildman–Crippen MR) is 135 cm³/mol. The van der Waals surface area contributed by atoms with Crippen molar-refractivity contribution in [2.45, 2.75) is 19.4 Å². The number of rotatable bonds is 4. The quantitative estimate of drug-likeness (QED) is 0.459. The number of hydrazine groups is 1. The lowest BCUT2D eigenvalue weighted by molar-refractivity contribution is -0.115. The topological polar surface area (TPSA) is 47.9 Å². The van der Waals surface area contributed by atoms with Gasteiger partial charge in [-0.1, -0.05) is 72.1 Å². The molecule has 1 N–H and O–H groups in total. The predicted octanol–water partition coefficient (Wildman–Crippen LogP) is 6.29. The molecule has 168 valence electrons. The third-order valence-electron chi connectivity index (χ3n) is 6.11. The summed E-state index contributed by atoms with van der Waals surface area (Å²) >= 11 is 18.8. The summed E-state index contributed by atoms with van der Waals surface area (Å²) in [5, 5.41) is 10.1. The Labute approximate surface area is 207 Å². The summed E-state index contributed by atoms with van der Waals surface area (Å²) in [6.45, 7) is 2.72. The molecule has 2 aliphatic heterocycles. The molecule has 0 saturated carbocycles. The lowest BCUT2D eigenvalue weighted by atomic mass is 9.91. The SMILES string of the molecule is CC1C(C(=O)NN2CCc3ccccc32)=NN(c2ccc(Cl)cc2Cl)C1c1ccc(Cl)cc1. The minimum atomic E-state index is -0.231. The standard InChI is InChI=1S/C25H21Cl3N4O/c1-15-23(25(33)30-31-13-12-16-4-2-3-5-21(16)31)29-32(22-11-10-19(27)14-20(22)28)24(15)17-6-8-18(26)9-7-17/h2-11,14-15,24H,12-13H2,1H3,(H,30,33). The Bertz CT molecular complexity index is 1240. The first-order chi connectivity index (χ1) is 15.9. The number of benzene rings is 3. The van der Waals surface area contributed by atoms with Crippen LogP contribution >= 0.6 is 34.8 Å². The molecule has 0 fully saturated rings. The zero-order chi connectivity index (χ0) is 23.1. The molecule has 0 radical (unpaired) electrons. The Hall–Kier alpha value is -2.73. The molecule has 2 atom stereocenters. The van der Waals surface area contributed by atoms with Crippen LogP contribution in [0.2, 0.25) is 15.1 Å². The number of amides is 1. The van der Waals surface area contributed by atoms with Crippen molar-refractivity contribution in [2.75, 3.05) is 16.6 Å². The highest BCUT2D eigenvalue weighted by molar-refractivity contribution is 6.41. The van der Waals surface area contributed by atoms with E-state index in [-0.39, 0.29) is 17.9 Å². The maximum Gasteiger partial charge on any atom is 0.286 e. The highest BCUT2D eigenvalue weighted by Crippen LogP contribution is 2.42. The van der Waals surface area contributed by atoms with Crippen molar-refractivity contribution >= 4 is 57.8 Å². The van der Waals surface area contributed by atoms with E-state index in [1.807, 2.05) is 60.5 Å². The third kappa shape index (κ3) is 4.17. The highest BCUT2D eigenvalue weighted by Gasteiger charge is 2.40. The van der Waals surface area contributed by atoms with Crippen LogP contribution in [0.4, 0.5) is 11.4 Å². The second-order valence-electron chi connectivity index (χ2n) is 8.18. The van der Waals surface area contributed by atoms with E-state index in [0.717, 1.165) is 24.2 Å². The van der Waals surface area contributed by atoms with Crippen molar-refractivity contribution in [3.63, 3.8) is 0 Å². The van der Waals surface area contributed by atoms with E-state index < -0.39 is 0 Å². The van der Waals surface area contributed by atoms with Crippen LogP contribution in [0, 0.1) is 5.92 Å². The number of carbonyl (C=O) groups excluding carboxylic acids is 1. The zero-order valence-corrected chi connectivity index (χ0v) is 20.1. The van der Waals surface area contributed by atoms with E-state index in [9.17, 15) is 4.79 Å². The molecule has 0 saturated heterocycles. The van der Waals surface area contributed by atoms with Crippen LogP contribution in [0.3, 0.4) is 0 Å². The normalized spacial score (nSPS) is 19.5. The van der Waals surface area contributed by atoms with E-state index in [0.29, 0.717) is 26.5 Å². The molecule has 2 aliphatic rings. The Morgan fingerprint density at radius 1 is 0.970 bits per heavy atom. The molecule has 0 aliphatic carbocycles. The van der Waals surface area contributed by atoms with Gasteiger partial charge in [-0.3, -0.25) is 20.2 Å². The van der Waals surface area contributed by atoms with Gasteiger partial charge in [-0.15, -0.1) is 0 Å². The van der Waals surface area contributed by atoms with E-state index in [1.165, 1.54) is 5.56 Å². The number of carbonyl (C=O) groups is 1. The molecule has 33 heavy (non-hydrogen) atoms. The van der Waals surface area contributed by atoms with E-state index >= 15 is 0 Å². The fourth-order valence-corrected chi connectivity index (χ4v) is 5.10. The van der Waals surface area contributed by atoms with Gasteiger partial charge in [0.25, 0.3) is 5.91 Å². The van der Waals surface area contributed by atoms with Crippen LogP contribution in [0.1, 0.15) is 24.1 Å². The van der Waals surface area contributed by atoms with Gasteiger partial charge < -0.3 is 0 Å². The first-order valence-electron chi connectivity index (χ1n) is 10.7. The number of fused-ring (bicyclic) bond motifs is 1. The Balaban J connectivity index is 1.49. The number of nitrogens with one attached hydrogen (secondary N) is 1. The highest BCUT2D eigenvalue weighted by atomic mass is 35.5. The molecule has 3 aromatic rings. The molecule has 5 rings (SSSR count). The smallest absolute Gasteiger partial charge is 0.285 e. The van der Waals surface area contributed by atoms with Crippen molar-refractivity contribution < 1.29 is 4.79 Å². The lowest BCUT2D eigenvalue weighted by Crippen LogP contribution is -2.45. The van der Waals surface area contributed by atoms with Gasteiger partial charge in [-0.05, 0) is 53.9 Å². The van der Waals surface area contributed by atoms with E-state index in [1.54, 1.807) is 17.1 Å². The number of para-hydroxylation sites is 1. The van der Waals surface area contributed by atoms with Gasteiger partial charge >= 0.3 is 0 Å². The summed E-state index contributed by atoms with van der Waals surface area (Å²) in [5.41, 5.74) is 7.38. The number of hydrogen-bond donors (Lipinski definition) is 1. The maximum absolute atomic E-state index is 13.4. The van der Waals surface area contributed by atoms with Gasteiger partial charge in [0.2, 0.25) is 0 Å². The van der Waals surface area contributed by atoms with Crippen molar-refractivity contribution in [3.05, 3.63) is 92.9 Å². The fourth-order valence-electron chi connectivity index (χ4n) is 4.48. The first-order valence-corrected chi connectivity index (χ1v) is 11.8. The van der Waals surface area contributed by atoms with Crippen LogP contribution in [0.15, 0.2) is 71.8 Å². The number of hydrogen-bond acceptors (Lipinski definition) is 4. The van der Waals surface area contributed by atoms with Crippen LogP contribution in [-0.4, -0.2) is 18.2 Å². The van der Waals surface area contributed by atoms with Crippen molar-refractivity contribution in [1.29, 1.82) is 0 Å². The average Bonchev–Trinajstić information content (AvgIpc) is 3.36. The first kappa shape index (κ1) is 22.1. The van der Waals surface area contributed by atoms with Crippen LogP contribution in [0.25, 0.3) is 0 Å². The molecular formula is C25H21Cl3N4O. The van der Waals surface area contributed by atoms with Crippen LogP contribution in [0.5, 0.6) is 0 Å². The monoisotopic (exact) mass is 498 g/mol. The van der Waals surface area contributed by atoms with E-state index in [2.05, 4.69) is 11.5 Å². The average molecular weight is 500 g/mol. The van der Waals surface area contributed by atoms with Gasteiger partial charge in [0.1, 0.15) is 5.71 Å². The maximum atomic E-state index is 13.4. The molecule has 1 amide bonds. The molecule has 0 aromatic heterocycles. The van der Waals surface area contributed by atoms with Crippen LogP contribution in [-0.2, 0) is 11.2 Å². The molecule has 0 bridgehead atoms. The second-order valence-corrected chi connectivity index (χ2v) is 9.46. The van der Waals surface area contributed by atoms with Crippen molar-refractivity contribution in [1.82, 2.24) is 5.43 Å². The minimum Gasteiger partial charge on any atom is -0.285 e. The summed E-state index contributed by atoms with van der Waals surface area (Å²) in [6.07, 6.45) is 0.887. The van der Waals surface area contributed by atoms with Gasteiger partial charge in [0, 0.05) is 22.5 Å². The largest absolute Gasteiger partial charge is 0.286 e. The summed E-state index contributed by atoms with van der Waals surface area (Å²) in [4.78, 5) is 13.4. The second kappa shape index (κ2) is 8.90. The van der Waals surface area contributed by atoms with Gasteiger partial charge in [0.05, 0.1) is 22.4 Å². The molecule has 3 aromatic carbocycles. The van der Waals surface area contributed by atoms with E-state index in [4.69, 9.17) is 39.9 Å². The van der Waals surface area contributed by atoms with Crippen LogP contribution < -0.4 is 15.4 Å². The fraction of sp³-hybridized carbons (Fsp3) is 0.200. The summed E-state index contributed by atoms with van der Waals surface area (Å²) in [6, 6.07) is 20.7. The minimum absolute atomic E-state index is 0.198. The van der Waals surface area contributed by atoms with Gasteiger partial charge in [-0.2, -0.15) is 5.10 Å². The third-order valence-corrected chi connectivity index (χ3v) is 6.90. The van der Waals surface area contributed by atoms with Crippen molar-refractivity contribution in [2.24, 2.45) is 11.0 Å². The van der Waals surface area contributed by atoms with Crippen molar-refractivity contribution in [3.8, 4) is 0 Å². The molecule has 2 unspecified atom stereocenters. The van der Waals surface area contributed by atoms with Gasteiger partial charge in [0.15, 0.2) is 0 Å². The van der Waals surface area contributed by atoms with Gasteiger partial charge in [-0.25, -0.2) is 0 Å². The molecule has 8 heteroatoms. The number of anilines is 2. The number of nitrogens with zero attached hydrogens (tertiary/aromatic N) is 3. The number of halogens is 3. The Morgan fingerprint density at radius 2 is 1.70 bits per heavy atom. The molecule has 5 nitrogen and oxygen atoms in total. The lowest BCUT2D eigenvalue weighted by Gasteiger charge is -2.27. The summed E-state index contributed by atoms with van der Waals surface area (Å²) in [7, 11) is 0. The summed E-state index contributed by atoms with van der Waals surface area (Å²) in [5.74, 6) is -0.429. The molecule has 0 spiro atoms. The summed E-state index contributed by atoms with van der Waals surface area (Å²) < 4.78 is 0. The molecular weight excluding hydrogens is 479 g/mol. The zero-order valence-electron chi connectivity index (χ0n) is 17.8. The Kier molecular flexibility index (Phi) is 5.95.